The molecule has 0 aromatic heterocycles. The Bertz CT molecular complexity index is 564. The Kier molecular flexibility index (Phi) is 22.6. The third-order valence-corrected chi connectivity index (χ3v) is 9.05. The maximum Gasteiger partial charge on any atom is 0.193 e. The first-order valence-corrected chi connectivity index (χ1v) is 16.3. The van der Waals surface area contributed by atoms with E-state index < -0.39 is 13.4 Å². The van der Waals surface area contributed by atoms with Crippen LogP contribution >= 0.6 is 7.60 Å². The van der Waals surface area contributed by atoms with Gasteiger partial charge in [-0.05, 0) is 32.1 Å². The van der Waals surface area contributed by atoms with Crippen molar-refractivity contribution in [2.75, 3.05) is 48.1 Å². The fourth-order valence-electron chi connectivity index (χ4n) is 4.50. The second kappa shape index (κ2) is 22.7. The van der Waals surface area contributed by atoms with Gasteiger partial charge in [0.25, 0.3) is 0 Å². The highest BCUT2D eigenvalue weighted by atomic mass is 31.2. The van der Waals surface area contributed by atoms with Gasteiger partial charge in [0.05, 0.1) is 34.4 Å². The number of methoxy groups -OCH3 is 1. The minimum absolute atomic E-state index is 0.00236. The van der Waals surface area contributed by atoms with Gasteiger partial charge in [-0.25, -0.2) is 0 Å². The zero-order chi connectivity index (χ0) is 27.1. The predicted molar refractivity (Wildman–Crippen MR) is 151 cm³/mol. The number of ether oxygens (including phenoxy) is 2. The molecule has 6 nitrogen and oxygen atoms in total. The van der Waals surface area contributed by atoms with Crippen LogP contribution in [0.3, 0.4) is 0 Å². The molecule has 0 N–H and O–H groups in total. The second-order valence-corrected chi connectivity index (χ2v) is 13.0. The van der Waals surface area contributed by atoms with Gasteiger partial charge in [-0.3, -0.25) is 0 Å². The topological polar surface area (TPSA) is 67.8 Å². The van der Waals surface area contributed by atoms with E-state index in [0.717, 1.165) is 19.3 Å². The summed E-state index contributed by atoms with van der Waals surface area (Å²) in [7, 11) is 3.18. The lowest BCUT2D eigenvalue weighted by Crippen LogP contribution is -2.47. The molecule has 36 heavy (non-hydrogen) atoms. The van der Waals surface area contributed by atoms with Crippen molar-refractivity contribution in [3.63, 3.8) is 0 Å². The molecule has 0 aliphatic heterocycles. The van der Waals surface area contributed by atoms with Crippen molar-refractivity contribution in [2.24, 2.45) is 0 Å². The number of nitrogens with zero attached hydrogens (tertiary/aromatic N) is 1. The Morgan fingerprint density at radius 1 is 0.778 bits per heavy atom. The quantitative estimate of drug-likeness (QED) is 0.0500. The largest absolute Gasteiger partial charge is 0.774 e. The van der Waals surface area contributed by atoms with Crippen LogP contribution in [0.15, 0.2) is 12.2 Å². The molecule has 0 saturated carbocycles. The average Bonchev–Trinajstić information content (AvgIpc) is 2.81. The molecular formula is C29H60NO5P. The Balaban J connectivity index is 3.67. The van der Waals surface area contributed by atoms with Gasteiger partial charge >= 0.3 is 0 Å². The summed E-state index contributed by atoms with van der Waals surface area (Å²) in [6.07, 6.45) is 24.4. The van der Waals surface area contributed by atoms with Crippen LogP contribution in [-0.4, -0.2) is 64.4 Å². The van der Waals surface area contributed by atoms with Crippen molar-refractivity contribution >= 4 is 7.60 Å². The van der Waals surface area contributed by atoms with Gasteiger partial charge in [-0.1, -0.05) is 90.2 Å². The van der Waals surface area contributed by atoms with Crippen LogP contribution in [0, 0.1) is 0 Å². The van der Waals surface area contributed by atoms with Crippen molar-refractivity contribution in [1.82, 2.24) is 0 Å². The molecule has 0 spiro atoms. The van der Waals surface area contributed by atoms with Crippen molar-refractivity contribution < 1.29 is 27.9 Å². The first-order chi connectivity index (χ1) is 17.2. The maximum atomic E-state index is 12.6. The van der Waals surface area contributed by atoms with Crippen LogP contribution in [0.4, 0.5) is 0 Å². The summed E-state index contributed by atoms with van der Waals surface area (Å²) in [6, 6.07) is 0. The molecule has 0 bridgehead atoms. The third kappa shape index (κ3) is 19.8. The molecule has 0 saturated heterocycles. The fourth-order valence-corrected chi connectivity index (χ4v) is 6.34. The summed E-state index contributed by atoms with van der Waals surface area (Å²) in [5.41, 5.74) is 0. The molecule has 7 heteroatoms. The zero-order valence-corrected chi connectivity index (χ0v) is 25.6. The Morgan fingerprint density at radius 3 is 1.75 bits per heavy atom. The molecule has 0 aliphatic rings. The van der Waals surface area contributed by atoms with E-state index in [2.05, 4.69) is 19.1 Å². The molecule has 0 heterocycles. The molecule has 0 radical (unpaired) electrons. The SMILES string of the molecule is CCCCCCCCCCCC/C=C\CCCCCOC[C@H](COP(=O)([O-])C(CC)[N+](C)(C)C)OC. The summed E-state index contributed by atoms with van der Waals surface area (Å²) in [5.74, 6) is -0.570. The number of quaternary nitrogens is 1. The Morgan fingerprint density at radius 2 is 1.28 bits per heavy atom. The summed E-state index contributed by atoms with van der Waals surface area (Å²) in [5, 5.41) is 0. The molecule has 0 aromatic rings. The van der Waals surface area contributed by atoms with Gasteiger partial charge in [-0.15, -0.1) is 0 Å². The number of rotatable bonds is 26. The van der Waals surface area contributed by atoms with Gasteiger partial charge < -0.3 is 27.9 Å². The van der Waals surface area contributed by atoms with Gasteiger partial charge in [0.1, 0.15) is 6.10 Å². The summed E-state index contributed by atoms with van der Waals surface area (Å²) < 4.78 is 29.3. The second-order valence-electron chi connectivity index (χ2n) is 11.1. The highest BCUT2D eigenvalue weighted by molar-refractivity contribution is 7.51. The average molecular weight is 534 g/mol. The summed E-state index contributed by atoms with van der Waals surface area (Å²) in [4.78, 5) is 12.6. The minimum Gasteiger partial charge on any atom is -0.774 e. The van der Waals surface area contributed by atoms with Gasteiger partial charge in [-0.2, -0.15) is 0 Å². The molecule has 0 aliphatic carbocycles. The highest BCUT2D eigenvalue weighted by Crippen LogP contribution is 2.47. The minimum atomic E-state index is -3.99. The van der Waals surface area contributed by atoms with Crippen molar-refractivity contribution in [1.29, 1.82) is 0 Å². The van der Waals surface area contributed by atoms with Crippen LogP contribution in [-0.2, 0) is 18.6 Å². The van der Waals surface area contributed by atoms with E-state index >= 15 is 0 Å². The lowest BCUT2D eigenvalue weighted by atomic mass is 10.1. The van der Waals surface area contributed by atoms with Gasteiger partial charge in [0.15, 0.2) is 13.4 Å². The zero-order valence-electron chi connectivity index (χ0n) is 24.7. The lowest BCUT2D eigenvalue weighted by molar-refractivity contribution is -0.884. The molecule has 3 atom stereocenters. The molecule has 0 aromatic carbocycles. The molecule has 0 amide bonds. The van der Waals surface area contributed by atoms with E-state index in [9.17, 15) is 9.46 Å². The number of hydrogen-bond donors (Lipinski definition) is 0. The lowest BCUT2D eigenvalue weighted by Gasteiger charge is -2.41. The van der Waals surface area contributed by atoms with E-state index in [1.54, 1.807) is 7.11 Å². The molecule has 2 unspecified atom stereocenters. The van der Waals surface area contributed by atoms with Crippen molar-refractivity contribution in [3.05, 3.63) is 12.2 Å². The maximum absolute atomic E-state index is 12.6. The van der Waals surface area contributed by atoms with E-state index in [-0.39, 0.29) is 12.7 Å². The van der Waals surface area contributed by atoms with E-state index in [1.807, 2.05) is 28.1 Å². The van der Waals surface area contributed by atoms with Crippen LogP contribution < -0.4 is 4.89 Å². The van der Waals surface area contributed by atoms with E-state index in [4.69, 9.17) is 14.0 Å². The van der Waals surface area contributed by atoms with E-state index in [0.29, 0.717) is 24.1 Å². The van der Waals surface area contributed by atoms with Crippen LogP contribution in [0.2, 0.25) is 0 Å². The molecular weight excluding hydrogens is 473 g/mol. The van der Waals surface area contributed by atoms with E-state index in [1.165, 1.54) is 77.0 Å². The fraction of sp³-hybridized carbons (Fsp3) is 0.931. The number of hydrogen-bond acceptors (Lipinski definition) is 5. The smallest absolute Gasteiger partial charge is 0.193 e. The van der Waals surface area contributed by atoms with Crippen molar-refractivity contribution in [2.45, 2.75) is 128 Å². The Labute approximate surface area is 224 Å². The monoisotopic (exact) mass is 533 g/mol. The van der Waals surface area contributed by atoms with Crippen LogP contribution in [0.5, 0.6) is 0 Å². The third-order valence-electron chi connectivity index (χ3n) is 6.75. The Hall–Kier alpha value is -0.230. The molecule has 216 valence electrons. The first-order valence-electron chi connectivity index (χ1n) is 14.7. The number of allylic oxidation sites excluding steroid dienone is 2. The first kappa shape index (κ1) is 35.8. The summed E-state index contributed by atoms with van der Waals surface area (Å²) >= 11 is 0. The van der Waals surface area contributed by atoms with Crippen molar-refractivity contribution in [3.8, 4) is 0 Å². The predicted octanol–water partition coefficient (Wildman–Crippen LogP) is 7.46. The standard InChI is InChI=1S/C29H60NO5P/c1-7-9-10-11-12-13-14-15-16-17-18-19-20-21-22-23-24-25-34-26-28(33-6)27-35-36(31,32)29(8-2)30(3,4)5/h19-20,28-29H,7-18,21-27H2,1-6H3/b20-19-/t28-,29?/m1/s1. The van der Waals surface area contributed by atoms with Gasteiger partial charge in [0.2, 0.25) is 0 Å². The highest BCUT2D eigenvalue weighted by Gasteiger charge is 2.34. The number of unbranched alkanes of at least 4 members (excludes halogenated alkanes) is 13. The molecule has 0 fully saturated rings. The van der Waals surface area contributed by atoms with Crippen LogP contribution in [0.25, 0.3) is 0 Å². The molecule has 0 rings (SSSR count). The van der Waals surface area contributed by atoms with Gasteiger partial charge in [0, 0.05) is 20.1 Å². The normalized spacial score (nSPS) is 15.9. The van der Waals surface area contributed by atoms with Crippen LogP contribution in [0.1, 0.15) is 117 Å². The summed E-state index contributed by atoms with van der Waals surface area (Å²) in [6.45, 7) is 5.15.